The van der Waals surface area contributed by atoms with Gasteiger partial charge in [-0.1, -0.05) is 24.9 Å². The SMILES string of the molecule is CCCc1nn(-c2ccc(N(C)C)cc2)c(Cl)c1C(=O)O. The summed E-state index contributed by atoms with van der Waals surface area (Å²) in [5.74, 6) is -1.04. The average Bonchev–Trinajstić information content (AvgIpc) is 2.76. The van der Waals surface area contributed by atoms with Gasteiger partial charge in [0.05, 0.1) is 11.4 Å². The number of aromatic nitrogens is 2. The number of aromatic carboxylic acids is 1. The molecule has 0 aliphatic heterocycles. The van der Waals surface area contributed by atoms with Gasteiger partial charge in [0.2, 0.25) is 0 Å². The van der Waals surface area contributed by atoms with Crippen LogP contribution in [-0.4, -0.2) is 35.0 Å². The van der Waals surface area contributed by atoms with E-state index in [4.69, 9.17) is 11.6 Å². The number of hydrogen-bond acceptors (Lipinski definition) is 3. The Kier molecular flexibility index (Phi) is 4.53. The van der Waals surface area contributed by atoms with Crippen LogP contribution in [0.2, 0.25) is 5.15 Å². The second kappa shape index (κ2) is 6.18. The molecule has 0 aliphatic carbocycles. The molecular weight excluding hydrogens is 290 g/mol. The van der Waals surface area contributed by atoms with Crippen LogP contribution in [0, 0.1) is 0 Å². The number of benzene rings is 1. The molecule has 0 radical (unpaired) electrons. The molecule has 1 aromatic carbocycles. The van der Waals surface area contributed by atoms with Gasteiger partial charge >= 0.3 is 5.97 Å². The zero-order chi connectivity index (χ0) is 15.6. The Labute approximate surface area is 128 Å². The van der Waals surface area contributed by atoms with Gasteiger partial charge < -0.3 is 10.0 Å². The molecule has 0 bridgehead atoms. The summed E-state index contributed by atoms with van der Waals surface area (Å²) in [4.78, 5) is 13.3. The first-order valence-electron chi connectivity index (χ1n) is 6.74. The molecular formula is C15H18ClN3O2. The Hall–Kier alpha value is -2.01. The third-order valence-electron chi connectivity index (χ3n) is 3.21. The smallest absolute Gasteiger partial charge is 0.340 e. The first kappa shape index (κ1) is 15.4. The number of carboxylic acid groups (broad SMARTS) is 1. The van der Waals surface area contributed by atoms with E-state index in [1.54, 1.807) is 0 Å². The molecule has 0 atom stereocenters. The van der Waals surface area contributed by atoms with Crippen molar-refractivity contribution in [3.8, 4) is 5.69 Å². The van der Waals surface area contributed by atoms with Gasteiger partial charge in [-0.15, -0.1) is 0 Å². The van der Waals surface area contributed by atoms with E-state index in [0.717, 1.165) is 17.8 Å². The van der Waals surface area contributed by atoms with Crippen LogP contribution in [-0.2, 0) is 6.42 Å². The highest BCUT2D eigenvalue weighted by atomic mass is 35.5. The zero-order valence-electron chi connectivity index (χ0n) is 12.3. The van der Waals surface area contributed by atoms with Gasteiger partial charge in [-0.05, 0) is 30.7 Å². The fraction of sp³-hybridized carbons (Fsp3) is 0.333. The van der Waals surface area contributed by atoms with Crippen molar-refractivity contribution in [1.29, 1.82) is 0 Å². The van der Waals surface area contributed by atoms with E-state index in [2.05, 4.69) is 5.10 Å². The molecule has 112 valence electrons. The van der Waals surface area contributed by atoms with Gasteiger partial charge in [0.25, 0.3) is 0 Å². The number of nitrogens with zero attached hydrogens (tertiary/aromatic N) is 3. The lowest BCUT2D eigenvalue weighted by molar-refractivity contribution is 0.0696. The molecule has 0 aliphatic rings. The zero-order valence-corrected chi connectivity index (χ0v) is 13.1. The first-order chi connectivity index (χ1) is 9.95. The molecule has 6 heteroatoms. The van der Waals surface area contributed by atoms with Crippen molar-refractivity contribution < 1.29 is 9.90 Å². The van der Waals surface area contributed by atoms with Crippen molar-refractivity contribution in [3.63, 3.8) is 0 Å². The Balaban J connectivity index is 2.48. The monoisotopic (exact) mass is 307 g/mol. The van der Waals surface area contributed by atoms with Crippen LogP contribution < -0.4 is 4.90 Å². The van der Waals surface area contributed by atoms with Gasteiger partial charge in [0.1, 0.15) is 10.7 Å². The molecule has 5 nitrogen and oxygen atoms in total. The molecule has 0 fully saturated rings. The third kappa shape index (κ3) is 3.03. The number of rotatable bonds is 5. The van der Waals surface area contributed by atoms with E-state index in [0.29, 0.717) is 12.1 Å². The summed E-state index contributed by atoms with van der Waals surface area (Å²) in [6.45, 7) is 1.98. The van der Waals surface area contributed by atoms with Crippen LogP contribution in [0.3, 0.4) is 0 Å². The largest absolute Gasteiger partial charge is 0.478 e. The van der Waals surface area contributed by atoms with Crippen LogP contribution in [0.1, 0.15) is 29.4 Å². The number of hydrogen-bond donors (Lipinski definition) is 1. The lowest BCUT2D eigenvalue weighted by Gasteiger charge is -2.12. The minimum atomic E-state index is -1.04. The van der Waals surface area contributed by atoms with E-state index < -0.39 is 5.97 Å². The summed E-state index contributed by atoms with van der Waals surface area (Å²) in [6, 6.07) is 7.62. The van der Waals surface area contributed by atoms with Crippen molar-refractivity contribution in [2.75, 3.05) is 19.0 Å². The molecule has 2 rings (SSSR count). The minimum absolute atomic E-state index is 0.0928. The number of halogens is 1. The summed E-state index contributed by atoms with van der Waals surface area (Å²) >= 11 is 6.21. The van der Waals surface area contributed by atoms with Crippen molar-refractivity contribution in [1.82, 2.24) is 9.78 Å². The summed E-state index contributed by atoms with van der Waals surface area (Å²) in [5, 5.41) is 13.8. The minimum Gasteiger partial charge on any atom is -0.478 e. The predicted molar refractivity (Wildman–Crippen MR) is 83.9 cm³/mol. The lowest BCUT2D eigenvalue weighted by atomic mass is 10.2. The van der Waals surface area contributed by atoms with Gasteiger partial charge in [-0.3, -0.25) is 0 Å². The topological polar surface area (TPSA) is 58.4 Å². The average molecular weight is 308 g/mol. The standard InChI is InChI=1S/C15H18ClN3O2/c1-4-5-12-13(15(20)21)14(16)19(17-12)11-8-6-10(7-9-11)18(2)3/h6-9H,4-5H2,1-3H3,(H,20,21). The molecule has 0 unspecified atom stereocenters. The summed E-state index contributed by atoms with van der Waals surface area (Å²) < 4.78 is 1.48. The molecule has 0 amide bonds. The second-order valence-electron chi connectivity index (χ2n) is 4.99. The van der Waals surface area contributed by atoms with Crippen LogP contribution >= 0.6 is 11.6 Å². The molecule has 1 heterocycles. The normalized spacial score (nSPS) is 10.7. The highest BCUT2D eigenvalue weighted by molar-refractivity contribution is 6.33. The van der Waals surface area contributed by atoms with Crippen molar-refractivity contribution >= 4 is 23.3 Å². The molecule has 0 saturated carbocycles. The van der Waals surface area contributed by atoms with E-state index in [1.165, 1.54) is 4.68 Å². The van der Waals surface area contributed by atoms with Crippen molar-refractivity contribution in [3.05, 3.63) is 40.7 Å². The molecule has 1 aromatic heterocycles. The van der Waals surface area contributed by atoms with Gasteiger partial charge in [-0.2, -0.15) is 5.10 Å². The van der Waals surface area contributed by atoms with Gasteiger partial charge in [0, 0.05) is 19.8 Å². The highest BCUT2D eigenvalue weighted by Gasteiger charge is 2.22. The van der Waals surface area contributed by atoms with Crippen LogP contribution in [0.15, 0.2) is 24.3 Å². The van der Waals surface area contributed by atoms with E-state index in [9.17, 15) is 9.90 Å². The Bertz CT molecular complexity index is 648. The fourth-order valence-electron chi connectivity index (χ4n) is 2.13. The maximum absolute atomic E-state index is 11.4. The van der Waals surface area contributed by atoms with E-state index in [-0.39, 0.29) is 10.7 Å². The van der Waals surface area contributed by atoms with E-state index in [1.807, 2.05) is 50.2 Å². The first-order valence-corrected chi connectivity index (χ1v) is 7.12. The molecule has 0 spiro atoms. The summed E-state index contributed by atoms with van der Waals surface area (Å²) in [7, 11) is 3.91. The predicted octanol–water partition coefficient (Wildman–Crippen LogP) is 3.24. The number of carboxylic acids is 1. The number of aryl methyl sites for hydroxylation is 1. The molecule has 21 heavy (non-hydrogen) atoms. The Morgan fingerprint density at radius 3 is 2.43 bits per heavy atom. The highest BCUT2D eigenvalue weighted by Crippen LogP contribution is 2.25. The Morgan fingerprint density at radius 1 is 1.33 bits per heavy atom. The quantitative estimate of drug-likeness (QED) is 0.921. The molecule has 1 N–H and O–H groups in total. The fourth-order valence-corrected chi connectivity index (χ4v) is 2.45. The molecule has 0 saturated heterocycles. The Morgan fingerprint density at radius 2 is 1.95 bits per heavy atom. The van der Waals surface area contributed by atoms with Gasteiger partial charge in [0.15, 0.2) is 0 Å². The lowest BCUT2D eigenvalue weighted by Crippen LogP contribution is -2.08. The third-order valence-corrected chi connectivity index (χ3v) is 3.56. The molecule has 2 aromatic rings. The van der Waals surface area contributed by atoms with Crippen LogP contribution in [0.4, 0.5) is 5.69 Å². The summed E-state index contributed by atoms with van der Waals surface area (Å²) in [5.41, 5.74) is 2.41. The number of anilines is 1. The number of carbonyl (C=O) groups is 1. The summed E-state index contributed by atoms with van der Waals surface area (Å²) in [6.07, 6.45) is 1.40. The maximum atomic E-state index is 11.4. The maximum Gasteiger partial charge on any atom is 0.340 e. The van der Waals surface area contributed by atoms with Crippen molar-refractivity contribution in [2.45, 2.75) is 19.8 Å². The van der Waals surface area contributed by atoms with Crippen molar-refractivity contribution in [2.24, 2.45) is 0 Å². The van der Waals surface area contributed by atoms with E-state index >= 15 is 0 Å². The van der Waals surface area contributed by atoms with Crippen LogP contribution in [0.5, 0.6) is 0 Å². The van der Waals surface area contributed by atoms with Crippen LogP contribution in [0.25, 0.3) is 5.69 Å². The second-order valence-corrected chi connectivity index (χ2v) is 5.35. The van der Waals surface area contributed by atoms with Gasteiger partial charge in [-0.25, -0.2) is 9.48 Å².